The van der Waals surface area contributed by atoms with Crippen LogP contribution in [0.3, 0.4) is 0 Å². The van der Waals surface area contributed by atoms with Crippen LogP contribution in [0.4, 0.5) is 0 Å². The van der Waals surface area contributed by atoms with Gasteiger partial charge in [-0.05, 0) is 22.6 Å². The fourth-order valence-electron chi connectivity index (χ4n) is 1.24. The van der Waals surface area contributed by atoms with E-state index < -0.39 is 0 Å². The smallest absolute Gasteiger partial charge is 0.0270 e. The van der Waals surface area contributed by atoms with E-state index in [-0.39, 0.29) is 0 Å². The van der Waals surface area contributed by atoms with Crippen LogP contribution in [0.15, 0.2) is 48.4 Å². The normalized spacial score (nSPS) is 9.85. The number of rotatable bonds is 2. The van der Waals surface area contributed by atoms with E-state index in [4.69, 9.17) is 0 Å². The Morgan fingerprint density at radius 1 is 1.08 bits per heavy atom. The Morgan fingerprint density at radius 3 is 2.46 bits per heavy atom. The van der Waals surface area contributed by atoms with Crippen LogP contribution in [0.25, 0.3) is 17.2 Å². The van der Waals surface area contributed by atoms with E-state index in [1.54, 1.807) is 11.3 Å². The molecule has 0 saturated heterocycles. The Labute approximate surface area is 82.2 Å². The lowest BCUT2D eigenvalue weighted by molar-refractivity contribution is 1.67. The molecule has 13 heavy (non-hydrogen) atoms. The highest BCUT2D eigenvalue weighted by Crippen LogP contribution is 2.25. The van der Waals surface area contributed by atoms with E-state index in [0.29, 0.717) is 0 Å². The molecule has 1 heterocycles. The van der Waals surface area contributed by atoms with Crippen molar-refractivity contribution in [2.24, 2.45) is 0 Å². The lowest BCUT2D eigenvalue weighted by Crippen LogP contribution is -1.69. The topological polar surface area (TPSA) is 0 Å². The third-order valence-electron chi connectivity index (χ3n) is 1.93. The van der Waals surface area contributed by atoms with Crippen molar-refractivity contribution >= 4 is 17.4 Å². The minimum absolute atomic E-state index is 1.22. The number of hydrogen-bond donors (Lipinski definition) is 0. The monoisotopic (exact) mass is 186 g/mol. The Morgan fingerprint density at radius 2 is 1.85 bits per heavy atom. The summed E-state index contributed by atoms with van der Waals surface area (Å²) in [6.45, 7) is 3.75. The Hall–Kier alpha value is -1.34. The highest BCUT2D eigenvalue weighted by Gasteiger charge is 1.98. The van der Waals surface area contributed by atoms with Crippen LogP contribution in [0, 0.1) is 0 Å². The van der Waals surface area contributed by atoms with Crippen molar-refractivity contribution in [2.45, 2.75) is 0 Å². The fourth-order valence-corrected chi connectivity index (χ4v) is 2.00. The van der Waals surface area contributed by atoms with Gasteiger partial charge in [0.15, 0.2) is 0 Å². The molecule has 0 N–H and O–H groups in total. The number of benzene rings is 1. The summed E-state index contributed by atoms with van der Waals surface area (Å²) >= 11 is 1.73. The molecule has 1 aromatic heterocycles. The molecule has 2 rings (SSSR count). The van der Waals surface area contributed by atoms with Gasteiger partial charge in [0, 0.05) is 4.88 Å². The van der Waals surface area contributed by atoms with Gasteiger partial charge < -0.3 is 0 Å². The quantitative estimate of drug-likeness (QED) is 0.663. The van der Waals surface area contributed by atoms with Crippen molar-refractivity contribution in [3.8, 4) is 11.1 Å². The molecule has 0 spiro atoms. The average molecular weight is 186 g/mol. The zero-order valence-electron chi connectivity index (χ0n) is 7.23. The molecule has 0 aliphatic carbocycles. The predicted octanol–water partition coefficient (Wildman–Crippen LogP) is 4.06. The van der Waals surface area contributed by atoms with Crippen LogP contribution in [0.5, 0.6) is 0 Å². The van der Waals surface area contributed by atoms with E-state index in [2.05, 4.69) is 42.3 Å². The number of thiophene rings is 1. The van der Waals surface area contributed by atoms with Crippen LogP contribution in [-0.2, 0) is 0 Å². The van der Waals surface area contributed by atoms with Gasteiger partial charge in [0.25, 0.3) is 0 Å². The SMILES string of the molecule is C=Cc1cc(-c2ccccc2)cs1. The van der Waals surface area contributed by atoms with Gasteiger partial charge in [0.1, 0.15) is 0 Å². The second-order valence-electron chi connectivity index (χ2n) is 2.81. The van der Waals surface area contributed by atoms with Gasteiger partial charge in [-0.1, -0.05) is 43.0 Å². The van der Waals surface area contributed by atoms with Gasteiger partial charge in [-0.25, -0.2) is 0 Å². The van der Waals surface area contributed by atoms with E-state index in [0.717, 1.165) is 0 Å². The predicted molar refractivity (Wildman–Crippen MR) is 59.8 cm³/mol. The Balaban J connectivity index is 2.41. The standard InChI is InChI=1S/C12H10S/c1-2-12-8-11(9-13-12)10-6-4-3-5-7-10/h2-9H,1H2. The molecule has 1 aromatic carbocycles. The van der Waals surface area contributed by atoms with Crippen molar-refractivity contribution in [1.82, 2.24) is 0 Å². The Kier molecular flexibility index (Phi) is 2.28. The van der Waals surface area contributed by atoms with Crippen LogP contribution in [-0.4, -0.2) is 0 Å². The molecule has 0 saturated carbocycles. The molecule has 0 fully saturated rings. The van der Waals surface area contributed by atoms with Gasteiger partial charge >= 0.3 is 0 Å². The van der Waals surface area contributed by atoms with Crippen LogP contribution >= 0.6 is 11.3 Å². The van der Waals surface area contributed by atoms with E-state index in [9.17, 15) is 0 Å². The molecule has 0 aliphatic heterocycles. The van der Waals surface area contributed by atoms with E-state index in [1.807, 2.05) is 12.1 Å². The zero-order chi connectivity index (χ0) is 9.10. The summed E-state index contributed by atoms with van der Waals surface area (Å²) in [6, 6.07) is 12.5. The maximum atomic E-state index is 3.75. The van der Waals surface area contributed by atoms with E-state index in [1.165, 1.54) is 16.0 Å². The van der Waals surface area contributed by atoms with Gasteiger partial charge in [0.05, 0.1) is 0 Å². The molecule has 0 atom stereocenters. The summed E-state index contributed by atoms with van der Waals surface area (Å²) in [5.74, 6) is 0. The summed E-state index contributed by atoms with van der Waals surface area (Å²) in [4.78, 5) is 1.22. The molecule has 64 valence electrons. The van der Waals surface area contributed by atoms with Gasteiger partial charge in [0.2, 0.25) is 0 Å². The maximum Gasteiger partial charge on any atom is 0.0270 e. The van der Waals surface area contributed by atoms with Crippen molar-refractivity contribution in [3.05, 3.63) is 53.2 Å². The molecule has 0 amide bonds. The molecule has 0 bridgehead atoms. The number of hydrogen-bond acceptors (Lipinski definition) is 1. The highest BCUT2D eigenvalue weighted by atomic mass is 32.1. The minimum Gasteiger partial charge on any atom is -0.144 e. The summed E-state index contributed by atoms with van der Waals surface area (Å²) in [5, 5.41) is 2.16. The van der Waals surface area contributed by atoms with Crippen molar-refractivity contribution in [2.75, 3.05) is 0 Å². The third-order valence-corrected chi connectivity index (χ3v) is 2.86. The first kappa shape index (κ1) is 8.27. The summed E-state index contributed by atoms with van der Waals surface area (Å²) in [7, 11) is 0. The van der Waals surface area contributed by atoms with Crippen molar-refractivity contribution in [1.29, 1.82) is 0 Å². The lowest BCUT2D eigenvalue weighted by atomic mass is 10.1. The first-order valence-electron chi connectivity index (χ1n) is 4.16. The molecule has 2 aromatic rings. The Bertz CT molecular complexity index is 398. The molecule has 0 radical (unpaired) electrons. The van der Waals surface area contributed by atoms with Crippen LogP contribution < -0.4 is 0 Å². The third kappa shape index (κ3) is 1.70. The molecule has 0 aliphatic rings. The van der Waals surface area contributed by atoms with Gasteiger partial charge in [-0.15, -0.1) is 11.3 Å². The second kappa shape index (κ2) is 3.58. The largest absolute Gasteiger partial charge is 0.144 e. The zero-order valence-corrected chi connectivity index (χ0v) is 8.05. The molecule has 0 nitrogen and oxygen atoms in total. The lowest BCUT2D eigenvalue weighted by Gasteiger charge is -1.94. The van der Waals surface area contributed by atoms with Gasteiger partial charge in [-0.2, -0.15) is 0 Å². The van der Waals surface area contributed by atoms with Crippen LogP contribution in [0.1, 0.15) is 4.88 Å². The molecule has 1 heteroatoms. The first-order valence-corrected chi connectivity index (χ1v) is 5.04. The maximum absolute atomic E-state index is 3.75. The summed E-state index contributed by atoms with van der Waals surface area (Å²) in [5.41, 5.74) is 2.55. The minimum atomic E-state index is 1.22. The average Bonchev–Trinajstić information content (AvgIpc) is 2.67. The highest BCUT2D eigenvalue weighted by molar-refractivity contribution is 7.11. The molecular weight excluding hydrogens is 176 g/mol. The molecular formula is C12H10S. The fraction of sp³-hybridized carbons (Fsp3) is 0. The van der Waals surface area contributed by atoms with Crippen molar-refractivity contribution < 1.29 is 0 Å². The van der Waals surface area contributed by atoms with E-state index >= 15 is 0 Å². The van der Waals surface area contributed by atoms with Crippen molar-refractivity contribution in [3.63, 3.8) is 0 Å². The summed E-state index contributed by atoms with van der Waals surface area (Å²) in [6.07, 6.45) is 1.89. The second-order valence-corrected chi connectivity index (χ2v) is 3.75. The first-order chi connectivity index (χ1) is 6.40. The van der Waals surface area contributed by atoms with Gasteiger partial charge in [-0.3, -0.25) is 0 Å². The van der Waals surface area contributed by atoms with Crippen LogP contribution in [0.2, 0.25) is 0 Å². The summed E-state index contributed by atoms with van der Waals surface area (Å²) < 4.78 is 0. The molecule has 0 unspecified atom stereocenters.